The van der Waals surface area contributed by atoms with E-state index in [0.29, 0.717) is 11.2 Å². The van der Waals surface area contributed by atoms with Crippen LogP contribution in [0.1, 0.15) is 5.56 Å². The van der Waals surface area contributed by atoms with Gasteiger partial charge in [0.15, 0.2) is 5.65 Å². The van der Waals surface area contributed by atoms with Gasteiger partial charge < -0.3 is 5.11 Å². The summed E-state index contributed by atoms with van der Waals surface area (Å²) in [4.78, 5) is 4.54. The van der Waals surface area contributed by atoms with Gasteiger partial charge in [0, 0.05) is 5.39 Å². The third kappa shape index (κ3) is 1.32. The highest BCUT2D eigenvalue weighted by atomic mass is 16.3. The monoisotopic (exact) mass is 259 g/mol. The number of imidazole rings is 1. The van der Waals surface area contributed by atoms with E-state index in [1.807, 2.05) is 34.7 Å². The molecule has 0 aliphatic rings. The lowest BCUT2D eigenvalue weighted by Crippen LogP contribution is -1.92. The number of aromatic hydroxyl groups is 1. The zero-order valence-corrected chi connectivity index (χ0v) is 10.4. The molecule has 2 heterocycles. The zero-order chi connectivity index (χ0) is 13.7. The average Bonchev–Trinajstić information content (AvgIpc) is 2.85. The average molecular weight is 259 g/mol. The first-order valence-electron chi connectivity index (χ1n) is 6.21. The first-order chi connectivity index (χ1) is 9.78. The summed E-state index contributed by atoms with van der Waals surface area (Å²) in [5, 5.41) is 19.8. The van der Waals surface area contributed by atoms with E-state index in [-0.39, 0.29) is 5.75 Å². The molecule has 0 atom stereocenters. The lowest BCUT2D eigenvalue weighted by molar-refractivity contribution is 0.476. The summed E-state index contributed by atoms with van der Waals surface area (Å²) < 4.78 is 1.96. The van der Waals surface area contributed by atoms with Crippen LogP contribution in [-0.2, 0) is 0 Å². The van der Waals surface area contributed by atoms with Crippen LogP contribution < -0.4 is 0 Å². The smallest absolute Gasteiger partial charge is 0.156 e. The predicted octanol–water partition coefficient (Wildman–Crippen LogP) is 3.22. The summed E-state index contributed by atoms with van der Waals surface area (Å²) in [6.45, 7) is 0. The Morgan fingerprint density at radius 3 is 2.75 bits per heavy atom. The number of hydrogen-bond acceptors (Lipinski definition) is 3. The Kier molecular flexibility index (Phi) is 2.01. The van der Waals surface area contributed by atoms with Crippen molar-refractivity contribution in [3.05, 3.63) is 54.1 Å². The lowest BCUT2D eigenvalue weighted by atomic mass is 10.1. The Labute approximate surface area is 114 Å². The Bertz CT molecular complexity index is 1020. The predicted molar refractivity (Wildman–Crippen MR) is 76.6 cm³/mol. The van der Waals surface area contributed by atoms with Crippen molar-refractivity contribution in [3.8, 4) is 11.8 Å². The number of phenols is 1. The maximum absolute atomic E-state index is 9.62. The first kappa shape index (κ1) is 10.8. The molecule has 0 spiro atoms. The van der Waals surface area contributed by atoms with Gasteiger partial charge in [-0.3, -0.25) is 4.40 Å². The molecule has 1 N–H and O–H groups in total. The molecule has 0 saturated carbocycles. The number of nitriles is 1. The number of phenolic OH excluding ortho intramolecular Hbond substituents is 1. The van der Waals surface area contributed by atoms with Crippen LogP contribution in [0.5, 0.6) is 5.75 Å². The second-order valence-corrected chi connectivity index (χ2v) is 4.67. The van der Waals surface area contributed by atoms with Crippen LogP contribution in [-0.4, -0.2) is 14.5 Å². The fraction of sp³-hybridized carbons (Fsp3) is 0. The lowest BCUT2D eigenvalue weighted by Gasteiger charge is -2.05. The standard InChI is InChI=1S/C16H9N3O/c17-9-11-7-10-8-12(20)5-6-14(10)19-15-4-2-1-3-13(15)18-16(11)19/h1-8,20H. The first-order valence-corrected chi connectivity index (χ1v) is 6.21. The second kappa shape index (κ2) is 3.72. The van der Waals surface area contributed by atoms with Crippen LogP contribution in [0.15, 0.2) is 48.5 Å². The fourth-order valence-corrected chi connectivity index (χ4v) is 2.61. The molecular weight excluding hydrogens is 250 g/mol. The third-order valence-corrected chi connectivity index (χ3v) is 3.47. The minimum Gasteiger partial charge on any atom is -0.508 e. The number of pyridine rings is 1. The summed E-state index contributed by atoms with van der Waals surface area (Å²) in [6.07, 6.45) is 0. The molecule has 0 unspecified atom stereocenters. The van der Waals surface area contributed by atoms with E-state index in [9.17, 15) is 10.4 Å². The molecule has 4 nitrogen and oxygen atoms in total. The Hall–Kier alpha value is -3.06. The molecule has 2 aromatic carbocycles. The van der Waals surface area contributed by atoms with Gasteiger partial charge in [0.2, 0.25) is 0 Å². The maximum atomic E-state index is 9.62. The van der Waals surface area contributed by atoms with Crippen LogP contribution in [0.4, 0.5) is 0 Å². The quantitative estimate of drug-likeness (QED) is 0.527. The third-order valence-electron chi connectivity index (χ3n) is 3.47. The summed E-state index contributed by atoms with van der Waals surface area (Å²) in [7, 11) is 0. The number of fused-ring (bicyclic) bond motifs is 5. The highest BCUT2D eigenvalue weighted by Gasteiger charge is 2.12. The van der Waals surface area contributed by atoms with Crippen LogP contribution in [0.3, 0.4) is 0 Å². The minimum atomic E-state index is 0.185. The van der Waals surface area contributed by atoms with Gasteiger partial charge in [-0.25, -0.2) is 4.98 Å². The van der Waals surface area contributed by atoms with E-state index >= 15 is 0 Å². The SMILES string of the molecule is N#Cc1cc2cc(O)ccc2n2c1nc1ccccc12. The molecule has 0 fully saturated rings. The van der Waals surface area contributed by atoms with Gasteiger partial charge in [-0.2, -0.15) is 5.26 Å². The normalized spacial score (nSPS) is 11.2. The van der Waals surface area contributed by atoms with Gasteiger partial charge in [-0.05, 0) is 36.4 Å². The van der Waals surface area contributed by atoms with Crippen LogP contribution >= 0.6 is 0 Å². The minimum absolute atomic E-state index is 0.185. The number of para-hydroxylation sites is 2. The van der Waals surface area contributed by atoms with Crippen molar-refractivity contribution in [2.24, 2.45) is 0 Å². The fourth-order valence-electron chi connectivity index (χ4n) is 2.61. The van der Waals surface area contributed by atoms with E-state index in [4.69, 9.17) is 0 Å². The Morgan fingerprint density at radius 1 is 1.05 bits per heavy atom. The highest BCUT2D eigenvalue weighted by Crippen LogP contribution is 2.27. The summed E-state index contributed by atoms with van der Waals surface area (Å²) in [5.41, 5.74) is 3.87. The molecular formula is C16H9N3O. The number of rotatable bonds is 0. The van der Waals surface area contributed by atoms with Gasteiger partial charge >= 0.3 is 0 Å². The van der Waals surface area contributed by atoms with E-state index < -0.39 is 0 Å². The van der Waals surface area contributed by atoms with E-state index in [1.165, 1.54) is 0 Å². The van der Waals surface area contributed by atoms with E-state index in [1.54, 1.807) is 18.2 Å². The van der Waals surface area contributed by atoms with Crippen LogP contribution in [0.2, 0.25) is 0 Å². The van der Waals surface area contributed by atoms with Crippen molar-refractivity contribution in [3.63, 3.8) is 0 Å². The molecule has 20 heavy (non-hydrogen) atoms. The van der Waals surface area contributed by atoms with Crippen LogP contribution in [0.25, 0.3) is 27.6 Å². The Morgan fingerprint density at radius 2 is 1.90 bits per heavy atom. The van der Waals surface area contributed by atoms with Crippen LogP contribution in [0, 0.1) is 11.3 Å². The largest absolute Gasteiger partial charge is 0.508 e. The number of hydrogen-bond donors (Lipinski definition) is 1. The molecule has 4 rings (SSSR count). The van der Waals surface area contributed by atoms with Gasteiger partial charge in [0.25, 0.3) is 0 Å². The van der Waals surface area contributed by atoms with Crippen molar-refractivity contribution < 1.29 is 5.11 Å². The molecule has 0 radical (unpaired) electrons. The number of benzene rings is 2. The van der Waals surface area contributed by atoms with E-state index in [0.717, 1.165) is 21.9 Å². The number of aromatic nitrogens is 2. The van der Waals surface area contributed by atoms with Gasteiger partial charge in [-0.15, -0.1) is 0 Å². The molecule has 0 aliphatic heterocycles. The van der Waals surface area contributed by atoms with Crippen molar-refractivity contribution in [1.29, 1.82) is 5.26 Å². The molecule has 0 amide bonds. The molecule has 2 aromatic heterocycles. The summed E-state index contributed by atoms with van der Waals surface area (Å²) in [5.74, 6) is 0.185. The highest BCUT2D eigenvalue weighted by molar-refractivity contribution is 5.93. The number of nitrogens with zero attached hydrogens (tertiary/aromatic N) is 3. The van der Waals surface area contributed by atoms with Gasteiger partial charge in [0.1, 0.15) is 11.8 Å². The molecule has 0 saturated heterocycles. The maximum Gasteiger partial charge on any atom is 0.156 e. The van der Waals surface area contributed by atoms with E-state index in [2.05, 4.69) is 11.1 Å². The molecule has 0 aliphatic carbocycles. The molecule has 4 heteroatoms. The van der Waals surface area contributed by atoms with Gasteiger partial charge in [-0.1, -0.05) is 12.1 Å². The Balaban J connectivity index is 2.37. The van der Waals surface area contributed by atoms with Gasteiger partial charge in [0.05, 0.1) is 22.1 Å². The molecule has 4 aromatic rings. The van der Waals surface area contributed by atoms with Crippen molar-refractivity contribution in [1.82, 2.24) is 9.38 Å². The molecule has 94 valence electrons. The topological polar surface area (TPSA) is 61.3 Å². The van der Waals surface area contributed by atoms with Crippen molar-refractivity contribution in [2.45, 2.75) is 0 Å². The van der Waals surface area contributed by atoms with Crippen molar-refractivity contribution in [2.75, 3.05) is 0 Å². The second-order valence-electron chi connectivity index (χ2n) is 4.67. The zero-order valence-electron chi connectivity index (χ0n) is 10.4. The summed E-state index contributed by atoms with van der Waals surface area (Å²) >= 11 is 0. The van der Waals surface area contributed by atoms with Crippen molar-refractivity contribution >= 4 is 27.6 Å². The molecule has 0 bridgehead atoms. The summed E-state index contributed by atoms with van der Waals surface area (Å²) in [6, 6.07) is 16.8.